The van der Waals surface area contributed by atoms with Crippen LogP contribution in [0.4, 0.5) is 0 Å². The fourth-order valence-electron chi connectivity index (χ4n) is 0.546. The zero-order valence-electron chi connectivity index (χ0n) is 5.55. The molecule has 0 saturated carbocycles. The van der Waals surface area contributed by atoms with E-state index in [1.807, 2.05) is 0 Å². The second-order valence-corrected chi connectivity index (χ2v) is 2.35. The number of Topliss-reactive ketones (excluding diaryl/α,β-unsaturated/α-hetero) is 1. The van der Waals surface area contributed by atoms with Gasteiger partial charge in [0.25, 0.3) is 0 Å². The zero-order valence-corrected chi connectivity index (χ0v) is 5.55. The Hall–Kier alpha value is -0.700. The van der Waals surface area contributed by atoms with E-state index in [-0.39, 0.29) is 12.2 Å². The maximum Gasteiger partial charge on any atom is 0.151 e. The minimum atomic E-state index is -1.47. The van der Waals surface area contributed by atoms with Crippen LogP contribution in [-0.2, 0) is 9.59 Å². The normalized spacial score (nSPS) is 16.3. The van der Waals surface area contributed by atoms with Crippen LogP contribution in [-0.4, -0.2) is 22.8 Å². The van der Waals surface area contributed by atoms with E-state index in [0.29, 0.717) is 6.29 Å². The summed E-state index contributed by atoms with van der Waals surface area (Å²) in [4.78, 5) is 20.3. The van der Waals surface area contributed by atoms with Gasteiger partial charge in [0.2, 0.25) is 0 Å². The highest BCUT2D eigenvalue weighted by Gasteiger charge is 2.20. The van der Waals surface area contributed by atoms with Crippen LogP contribution in [0.25, 0.3) is 0 Å². The van der Waals surface area contributed by atoms with Crippen LogP contribution in [0.5, 0.6) is 0 Å². The van der Waals surface area contributed by atoms with Gasteiger partial charge in [-0.3, -0.25) is 4.79 Å². The molecule has 0 amide bonds. The molecule has 1 unspecified atom stereocenters. The summed E-state index contributed by atoms with van der Waals surface area (Å²) in [7, 11) is 0. The van der Waals surface area contributed by atoms with E-state index in [0.717, 1.165) is 0 Å². The van der Waals surface area contributed by atoms with Crippen molar-refractivity contribution in [2.24, 2.45) is 0 Å². The molecule has 0 spiro atoms. The number of ketones is 1. The number of carbonyl (C=O) groups excluding carboxylic acids is 2. The predicted octanol–water partition coefficient (Wildman–Crippen LogP) is -0.0846. The number of aldehydes is 1. The van der Waals surface area contributed by atoms with Crippen molar-refractivity contribution in [3.63, 3.8) is 0 Å². The fourth-order valence-corrected chi connectivity index (χ4v) is 0.546. The van der Waals surface area contributed by atoms with E-state index >= 15 is 0 Å². The molecule has 1 N–H and O–H groups in total. The lowest BCUT2D eigenvalue weighted by Crippen LogP contribution is -2.28. The molecule has 0 aliphatic rings. The van der Waals surface area contributed by atoms with Crippen LogP contribution in [0, 0.1) is 0 Å². The van der Waals surface area contributed by atoms with Crippen molar-refractivity contribution in [2.45, 2.75) is 25.9 Å². The first-order valence-electron chi connectivity index (χ1n) is 2.66. The van der Waals surface area contributed by atoms with E-state index in [1.54, 1.807) is 0 Å². The van der Waals surface area contributed by atoms with E-state index in [4.69, 9.17) is 5.11 Å². The SMILES string of the molecule is CC(=O)CC(C)(O)C=O. The Kier molecular flexibility index (Phi) is 2.52. The summed E-state index contributed by atoms with van der Waals surface area (Å²) in [6.45, 7) is 2.64. The summed E-state index contributed by atoms with van der Waals surface area (Å²) in [5, 5.41) is 8.90. The third kappa shape index (κ3) is 3.85. The van der Waals surface area contributed by atoms with Crippen molar-refractivity contribution in [2.75, 3.05) is 0 Å². The van der Waals surface area contributed by atoms with Gasteiger partial charge < -0.3 is 9.90 Å². The largest absolute Gasteiger partial charge is 0.382 e. The summed E-state index contributed by atoms with van der Waals surface area (Å²) in [5.74, 6) is -0.188. The van der Waals surface area contributed by atoms with Gasteiger partial charge in [-0.05, 0) is 13.8 Å². The molecule has 9 heavy (non-hydrogen) atoms. The topological polar surface area (TPSA) is 54.4 Å². The van der Waals surface area contributed by atoms with Crippen LogP contribution in [0.1, 0.15) is 20.3 Å². The highest BCUT2D eigenvalue weighted by molar-refractivity contribution is 5.81. The predicted molar refractivity (Wildman–Crippen MR) is 32.0 cm³/mol. The molecule has 0 saturated heterocycles. The second kappa shape index (κ2) is 2.73. The third-order valence-corrected chi connectivity index (χ3v) is 0.861. The molecule has 52 valence electrons. The molecule has 3 nitrogen and oxygen atoms in total. The molecule has 0 bridgehead atoms. The zero-order chi connectivity index (χ0) is 7.49. The highest BCUT2D eigenvalue weighted by Crippen LogP contribution is 2.04. The highest BCUT2D eigenvalue weighted by atomic mass is 16.3. The van der Waals surface area contributed by atoms with Crippen molar-refractivity contribution in [1.82, 2.24) is 0 Å². The molecule has 0 aromatic heterocycles. The van der Waals surface area contributed by atoms with Crippen molar-refractivity contribution in [3.8, 4) is 0 Å². The van der Waals surface area contributed by atoms with Crippen molar-refractivity contribution >= 4 is 12.1 Å². The molecule has 0 aliphatic heterocycles. The van der Waals surface area contributed by atoms with Gasteiger partial charge in [0.1, 0.15) is 11.4 Å². The quantitative estimate of drug-likeness (QED) is 0.543. The third-order valence-electron chi connectivity index (χ3n) is 0.861. The monoisotopic (exact) mass is 130 g/mol. The number of hydrogen-bond donors (Lipinski definition) is 1. The van der Waals surface area contributed by atoms with Gasteiger partial charge in [-0.1, -0.05) is 0 Å². The Morgan fingerprint density at radius 3 is 2.33 bits per heavy atom. The van der Waals surface area contributed by atoms with E-state index in [9.17, 15) is 9.59 Å². The maximum atomic E-state index is 10.3. The minimum absolute atomic E-state index is 0.101. The first-order valence-corrected chi connectivity index (χ1v) is 2.66. The van der Waals surface area contributed by atoms with Crippen LogP contribution >= 0.6 is 0 Å². The Morgan fingerprint density at radius 1 is 1.78 bits per heavy atom. The molecule has 0 heterocycles. The van der Waals surface area contributed by atoms with E-state index < -0.39 is 5.60 Å². The number of rotatable bonds is 3. The van der Waals surface area contributed by atoms with Crippen molar-refractivity contribution in [1.29, 1.82) is 0 Å². The van der Waals surface area contributed by atoms with Crippen LogP contribution in [0.3, 0.4) is 0 Å². The van der Waals surface area contributed by atoms with Crippen LogP contribution in [0.2, 0.25) is 0 Å². The molecule has 0 radical (unpaired) electrons. The first-order chi connectivity index (χ1) is 3.98. The standard InChI is InChI=1S/C6H10O3/c1-5(8)3-6(2,9)4-7/h4,9H,3H2,1-2H3. The van der Waals surface area contributed by atoms with Gasteiger partial charge in [-0.15, -0.1) is 0 Å². The fraction of sp³-hybridized carbons (Fsp3) is 0.667. The maximum absolute atomic E-state index is 10.3. The van der Waals surface area contributed by atoms with Gasteiger partial charge >= 0.3 is 0 Å². The molecule has 0 fully saturated rings. The van der Waals surface area contributed by atoms with Gasteiger partial charge in [0.05, 0.1) is 0 Å². The smallest absolute Gasteiger partial charge is 0.151 e. The molecular formula is C6H10O3. The average Bonchev–Trinajstić information content (AvgIpc) is 1.63. The lowest BCUT2D eigenvalue weighted by molar-refractivity contribution is -0.130. The van der Waals surface area contributed by atoms with Gasteiger partial charge in [-0.2, -0.15) is 0 Å². The number of hydrogen-bond acceptors (Lipinski definition) is 3. The number of carbonyl (C=O) groups is 2. The summed E-state index contributed by atoms with van der Waals surface area (Å²) >= 11 is 0. The lowest BCUT2D eigenvalue weighted by atomic mass is 10.0. The summed E-state index contributed by atoms with van der Waals surface area (Å²) in [6, 6.07) is 0. The molecule has 1 atom stereocenters. The van der Waals surface area contributed by atoms with Crippen LogP contribution < -0.4 is 0 Å². The molecular weight excluding hydrogens is 120 g/mol. The molecule has 0 aromatic carbocycles. The Morgan fingerprint density at radius 2 is 2.22 bits per heavy atom. The van der Waals surface area contributed by atoms with Gasteiger partial charge in [0.15, 0.2) is 6.29 Å². The molecule has 0 aromatic rings. The van der Waals surface area contributed by atoms with E-state index in [1.165, 1.54) is 13.8 Å². The number of aliphatic hydroxyl groups is 1. The van der Waals surface area contributed by atoms with Crippen LogP contribution in [0.15, 0.2) is 0 Å². The minimum Gasteiger partial charge on any atom is -0.382 e. The molecule has 0 rings (SSSR count). The Labute approximate surface area is 53.7 Å². The summed E-state index contributed by atoms with van der Waals surface area (Å²) in [5.41, 5.74) is -1.47. The summed E-state index contributed by atoms with van der Waals surface area (Å²) < 4.78 is 0. The van der Waals surface area contributed by atoms with Gasteiger partial charge in [-0.25, -0.2) is 0 Å². The second-order valence-electron chi connectivity index (χ2n) is 2.35. The van der Waals surface area contributed by atoms with Gasteiger partial charge in [0, 0.05) is 6.42 Å². The van der Waals surface area contributed by atoms with E-state index in [2.05, 4.69) is 0 Å². The average molecular weight is 130 g/mol. The first kappa shape index (κ1) is 8.30. The Bertz CT molecular complexity index is 126. The summed E-state index contributed by atoms with van der Waals surface area (Å²) in [6.07, 6.45) is 0.269. The molecule has 3 heteroatoms. The molecule has 0 aliphatic carbocycles. The Balaban J connectivity index is 3.86. The van der Waals surface area contributed by atoms with Crippen molar-refractivity contribution < 1.29 is 14.7 Å². The van der Waals surface area contributed by atoms with Crippen molar-refractivity contribution in [3.05, 3.63) is 0 Å². The lowest BCUT2D eigenvalue weighted by Gasteiger charge is -2.11.